The van der Waals surface area contributed by atoms with Crippen molar-refractivity contribution < 1.29 is 14.3 Å². The molecule has 3 atom stereocenters. The third kappa shape index (κ3) is 5.94. The van der Waals surface area contributed by atoms with E-state index in [1.54, 1.807) is 0 Å². The van der Waals surface area contributed by atoms with Gasteiger partial charge in [-0.2, -0.15) is 0 Å². The van der Waals surface area contributed by atoms with E-state index in [1.807, 2.05) is 66.7 Å². The van der Waals surface area contributed by atoms with E-state index in [0.717, 1.165) is 30.4 Å². The minimum absolute atomic E-state index is 0.138. The molecule has 4 heteroatoms. The summed E-state index contributed by atoms with van der Waals surface area (Å²) in [7, 11) is 0. The molecule has 3 aromatic carbocycles. The molecule has 0 bridgehead atoms. The maximum absolute atomic E-state index is 12.4. The molecular formula is C26H27NO3. The van der Waals surface area contributed by atoms with Crippen LogP contribution in [0, 0.1) is 0 Å². The van der Waals surface area contributed by atoms with Crippen LogP contribution < -0.4 is 5.32 Å². The molecule has 0 saturated carbocycles. The van der Waals surface area contributed by atoms with Crippen LogP contribution in [-0.4, -0.2) is 18.3 Å². The zero-order chi connectivity index (χ0) is 20.6. The second-order valence-corrected chi connectivity index (χ2v) is 7.64. The number of amides is 1. The molecule has 154 valence electrons. The van der Waals surface area contributed by atoms with Gasteiger partial charge in [-0.3, -0.25) is 0 Å². The van der Waals surface area contributed by atoms with E-state index in [0.29, 0.717) is 0 Å². The fraction of sp³-hybridized carbons (Fsp3) is 0.269. The molecule has 0 aliphatic carbocycles. The van der Waals surface area contributed by atoms with Crippen LogP contribution in [-0.2, 0) is 22.5 Å². The Morgan fingerprint density at radius 1 is 0.833 bits per heavy atom. The Labute approximate surface area is 177 Å². The highest BCUT2D eigenvalue weighted by Gasteiger charge is 2.40. The summed E-state index contributed by atoms with van der Waals surface area (Å²) in [6.45, 7) is 0.258. The fourth-order valence-corrected chi connectivity index (χ4v) is 3.70. The Hall–Kier alpha value is -3.11. The Balaban J connectivity index is 1.30. The molecule has 0 aromatic heterocycles. The second-order valence-electron chi connectivity index (χ2n) is 7.64. The number of epoxide rings is 1. The summed E-state index contributed by atoms with van der Waals surface area (Å²) in [5, 5.41) is 3.03. The van der Waals surface area contributed by atoms with Crippen molar-refractivity contribution in [3.8, 4) is 0 Å². The summed E-state index contributed by atoms with van der Waals surface area (Å²) in [5.74, 6) is 0. The normalized spacial score (nSPS) is 18.4. The Bertz CT molecular complexity index is 915. The van der Waals surface area contributed by atoms with Crippen LogP contribution in [0.4, 0.5) is 4.79 Å². The summed E-state index contributed by atoms with van der Waals surface area (Å²) in [6, 6.07) is 30.0. The van der Waals surface area contributed by atoms with Gasteiger partial charge in [-0.05, 0) is 29.5 Å². The minimum atomic E-state index is -0.408. The smallest absolute Gasteiger partial charge is 0.407 e. The van der Waals surface area contributed by atoms with Crippen molar-refractivity contribution in [2.45, 2.75) is 44.1 Å². The van der Waals surface area contributed by atoms with Crippen molar-refractivity contribution in [2.75, 3.05) is 0 Å². The first-order valence-electron chi connectivity index (χ1n) is 10.5. The predicted molar refractivity (Wildman–Crippen MR) is 117 cm³/mol. The lowest BCUT2D eigenvalue weighted by atomic mass is 9.99. The first-order chi connectivity index (χ1) is 14.8. The SMILES string of the molecule is O=C(NC(CC1OC1CCc1ccccc1)c1ccccc1)OCc1ccccc1. The summed E-state index contributed by atoms with van der Waals surface area (Å²) < 4.78 is 11.3. The van der Waals surface area contributed by atoms with Gasteiger partial charge in [0.15, 0.2) is 0 Å². The van der Waals surface area contributed by atoms with E-state index < -0.39 is 6.09 Å². The van der Waals surface area contributed by atoms with Crippen LogP contribution in [0.1, 0.15) is 35.6 Å². The maximum atomic E-state index is 12.4. The third-order valence-corrected chi connectivity index (χ3v) is 5.42. The van der Waals surface area contributed by atoms with Crippen molar-refractivity contribution in [1.82, 2.24) is 5.32 Å². The second kappa shape index (κ2) is 10.1. The van der Waals surface area contributed by atoms with Crippen LogP contribution in [0.15, 0.2) is 91.0 Å². The number of benzene rings is 3. The van der Waals surface area contributed by atoms with E-state index in [9.17, 15) is 4.79 Å². The molecule has 1 aliphatic rings. The van der Waals surface area contributed by atoms with Crippen molar-refractivity contribution >= 4 is 6.09 Å². The van der Waals surface area contributed by atoms with Crippen molar-refractivity contribution in [2.24, 2.45) is 0 Å². The van der Waals surface area contributed by atoms with Gasteiger partial charge < -0.3 is 14.8 Å². The van der Waals surface area contributed by atoms with Crippen molar-refractivity contribution in [3.05, 3.63) is 108 Å². The van der Waals surface area contributed by atoms with Gasteiger partial charge in [-0.25, -0.2) is 4.79 Å². The largest absolute Gasteiger partial charge is 0.445 e. The topological polar surface area (TPSA) is 50.9 Å². The molecule has 1 N–H and O–H groups in total. The number of aryl methyl sites for hydroxylation is 1. The highest BCUT2D eigenvalue weighted by molar-refractivity contribution is 5.68. The minimum Gasteiger partial charge on any atom is -0.445 e. The monoisotopic (exact) mass is 401 g/mol. The zero-order valence-electron chi connectivity index (χ0n) is 16.9. The van der Waals surface area contributed by atoms with Gasteiger partial charge in [0.1, 0.15) is 6.61 Å². The Morgan fingerprint density at radius 2 is 1.43 bits per heavy atom. The number of hydrogen-bond acceptors (Lipinski definition) is 3. The number of carbonyl (C=O) groups is 1. The number of carbonyl (C=O) groups excluding carboxylic acids is 1. The number of alkyl carbamates (subject to hydrolysis) is 1. The maximum Gasteiger partial charge on any atom is 0.407 e. The molecule has 3 unspecified atom stereocenters. The van der Waals surface area contributed by atoms with E-state index in [4.69, 9.17) is 9.47 Å². The average Bonchev–Trinajstić information content (AvgIpc) is 3.56. The lowest BCUT2D eigenvalue weighted by Crippen LogP contribution is -2.30. The first-order valence-corrected chi connectivity index (χ1v) is 10.5. The molecule has 1 fully saturated rings. The fourth-order valence-electron chi connectivity index (χ4n) is 3.70. The number of rotatable bonds is 9. The average molecular weight is 402 g/mol. The van der Waals surface area contributed by atoms with E-state index >= 15 is 0 Å². The van der Waals surface area contributed by atoms with Gasteiger partial charge in [0.25, 0.3) is 0 Å². The van der Waals surface area contributed by atoms with Gasteiger partial charge in [-0.15, -0.1) is 0 Å². The molecule has 3 aromatic rings. The summed E-state index contributed by atoms with van der Waals surface area (Å²) in [6.07, 6.45) is 2.74. The molecule has 30 heavy (non-hydrogen) atoms. The highest BCUT2D eigenvalue weighted by atomic mass is 16.6. The molecular weight excluding hydrogens is 374 g/mol. The molecule has 1 heterocycles. The van der Waals surface area contributed by atoms with Crippen LogP contribution >= 0.6 is 0 Å². The number of nitrogens with one attached hydrogen (secondary N) is 1. The van der Waals surface area contributed by atoms with Gasteiger partial charge >= 0.3 is 6.09 Å². The van der Waals surface area contributed by atoms with E-state index in [-0.39, 0.29) is 24.9 Å². The Kier molecular flexibility index (Phi) is 6.78. The molecule has 0 radical (unpaired) electrons. The molecule has 4 nitrogen and oxygen atoms in total. The number of hydrogen-bond donors (Lipinski definition) is 1. The molecule has 1 aliphatic heterocycles. The summed E-state index contributed by atoms with van der Waals surface area (Å²) >= 11 is 0. The third-order valence-electron chi connectivity index (χ3n) is 5.42. The standard InChI is InChI=1S/C26H27NO3/c28-26(29-19-21-12-6-2-7-13-21)27-23(22-14-8-3-9-15-22)18-25-24(30-25)17-16-20-10-4-1-5-11-20/h1-15,23-25H,16-19H2,(H,27,28). The van der Waals surface area contributed by atoms with Crippen LogP contribution in [0.5, 0.6) is 0 Å². The highest BCUT2D eigenvalue weighted by Crippen LogP contribution is 2.34. The van der Waals surface area contributed by atoms with Crippen molar-refractivity contribution in [1.29, 1.82) is 0 Å². The Morgan fingerprint density at radius 3 is 2.10 bits per heavy atom. The van der Waals surface area contributed by atoms with Crippen LogP contribution in [0.25, 0.3) is 0 Å². The van der Waals surface area contributed by atoms with Crippen molar-refractivity contribution in [3.63, 3.8) is 0 Å². The van der Waals surface area contributed by atoms with Gasteiger partial charge in [0.05, 0.1) is 18.2 Å². The summed E-state index contributed by atoms with van der Waals surface area (Å²) in [5.41, 5.74) is 3.36. The van der Waals surface area contributed by atoms with Gasteiger partial charge in [0.2, 0.25) is 0 Å². The van der Waals surface area contributed by atoms with Crippen LogP contribution in [0.3, 0.4) is 0 Å². The van der Waals surface area contributed by atoms with Gasteiger partial charge in [0, 0.05) is 6.42 Å². The molecule has 4 rings (SSSR count). The summed E-state index contributed by atoms with van der Waals surface area (Å²) in [4.78, 5) is 12.4. The number of ether oxygens (including phenoxy) is 2. The van der Waals surface area contributed by atoms with Gasteiger partial charge in [-0.1, -0.05) is 91.0 Å². The quantitative estimate of drug-likeness (QED) is 0.486. The van der Waals surface area contributed by atoms with E-state index in [2.05, 4.69) is 29.6 Å². The zero-order valence-corrected chi connectivity index (χ0v) is 16.9. The molecule has 1 amide bonds. The molecule has 1 saturated heterocycles. The van der Waals surface area contributed by atoms with Crippen LogP contribution in [0.2, 0.25) is 0 Å². The van der Waals surface area contributed by atoms with E-state index in [1.165, 1.54) is 5.56 Å². The predicted octanol–water partition coefficient (Wildman–Crippen LogP) is 5.44. The molecule has 0 spiro atoms. The lowest BCUT2D eigenvalue weighted by Gasteiger charge is -2.18. The lowest BCUT2D eigenvalue weighted by molar-refractivity contribution is 0.134. The first kappa shape index (κ1) is 20.2.